The summed E-state index contributed by atoms with van der Waals surface area (Å²) in [6.07, 6.45) is 0.659. The molecule has 2 rings (SSSR count). The van der Waals surface area contributed by atoms with Crippen LogP contribution in [0, 0.1) is 11.8 Å². The van der Waals surface area contributed by atoms with Crippen molar-refractivity contribution in [2.75, 3.05) is 13.1 Å². The van der Waals surface area contributed by atoms with Crippen LogP contribution in [0.5, 0.6) is 0 Å². The molecule has 21 heavy (non-hydrogen) atoms. The van der Waals surface area contributed by atoms with Gasteiger partial charge in [-0.2, -0.15) is 0 Å². The number of benzene rings is 1. The number of primary amides is 1. The molecule has 0 bridgehead atoms. The van der Waals surface area contributed by atoms with Gasteiger partial charge in [0.15, 0.2) is 0 Å². The molecule has 2 atom stereocenters. The van der Waals surface area contributed by atoms with Crippen molar-refractivity contribution in [1.29, 1.82) is 0 Å². The second-order valence-corrected chi connectivity index (χ2v) is 6.38. The minimum absolute atomic E-state index is 0.0658. The highest BCUT2D eigenvalue weighted by molar-refractivity contribution is 6.30. The standard InChI is InChI=1S/C16H21ClN2O2/c1-10(2)14(11-3-5-13(17)6-4-11)16(21)19-8-7-12(9-19)15(18)20/h3-6,10,12,14H,7-9H2,1-2H3,(H2,18,20)/t12-,14-/m1/s1. The fourth-order valence-electron chi connectivity index (χ4n) is 2.87. The highest BCUT2D eigenvalue weighted by atomic mass is 35.5. The van der Waals surface area contributed by atoms with Crippen LogP contribution in [0.1, 0.15) is 31.7 Å². The molecule has 4 nitrogen and oxygen atoms in total. The number of rotatable bonds is 4. The number of hydrogen-bond donors (Lipinski definition) is 1. The van der Waals surface area contributed by atoms with Crippen LogP contribution < -0.4 is 5.73 Å². The molecule has 5 heteroatoms. The molecule has 1 aliphatic rings. The third kappa shape index (κ3) is 3.56. The summed E-state index contributed by atoms with van der Waals surface area (Å²) < 4.78 is 0. The van der Waals surface area contributed by atoms with Gasteiger partial charge in [-0.25, -0.2) is 0 Å². The first-order valence-electron chi connectivity index (χ1n) is 7.23. The molecule has 0 aliphatic carbocycles. The summed E-state index contributed by atoms with van der Waals surface area (Å²) in [7, 11) is 0. The topological polar surface area (TPSA) is 63.4 Å². The van der Waals surface area contributed by atoms with Gasteiger partial charge in [0, 0.05) is 18.1 Å². The summed E-state index contributed by atoms with van der Waals surface area (Å²) in [5.74, 6) is -0.513. The number of amides is 2. The molecule has 1 saturated heterocycles. The fourth-order valence-corrected chi connectivity index (χ4v) is 3.00. The van der Waals surface area contributed by atoms with Gasteiger partial charge in [0.2, 0.25) is 11.8 Å². The van der Waals surface area contributed by atoms with Crippen LogP contribution >= 0.6 is 11.6 Å². The van der Waals surface area contributed by atoms with E-state index < -0.39 is 0 Å². The Kier molecular flexibility index (Phi) is 4.88. The molecule has 0 radical (unpaired) electrons. The molecule has 0 aromatic heterocycles. The minimum atomic E-state index is -0.321. The molecule has 1 aromatic carbocycles. The average molecular weight is 309 g/mol. The van der Waals surface area contributed by atoms with Crippen LogP contribution in [-0.4, -0.2) is 29.8 Å². The van der Waals surface area contributed by atoms with Crippen molar-refractivity contribution < 1.29 is 9.59 Å². The van der Waals surface area contributed by atoms with E-state index in [1.807, 2.05) is 26.0 Å². The number of hydrogen-bond acceptors (Lipinski definition) is 2. The number of likely N-dealkylation sites (tertiary alicyclic amines) is 1. The zero-order chi connectivity index (χ0) is 15.6. The van der Waals surface area contributed by atoms with E-state index in [9.17, 15) is 9.59 Å². The molecule has 1 fully saturated rings. The molecule has 114 valence electrons. The second-order valence-electron chi connectivity index (χ2n) is 5.95. The first-order chi connectivity index (χ1) is 9.90. The first-order valence-corrected chi connectivity index (χ1v) is 7.61. The van der Waals surface area contributed by atoms with Crippen LogP contribution in [0.25, 0.3) is 0 Å². The predicted octanol–water partition coefficient (Wildman–Crippen LogP) is 2.41. The summed E-state index contributed by atoms with van der Waals surface area (Å²) in [4.78, 5) is 25.8. The van der Waals surface area contributed by atoms with Crippen molar-refractivity contribution in [3.63, 3.8) is 0 Å². The molecule has 1 aliphatic heterocycles. The van der Waals surface area contributed by atoms with E-state index in [4.69, 9.17) is 17.3 Å². The van der Waals surface area contributed by atoms with Gasteiger partial charge in [0.05, 0.1) is 11.8 Å². The normalized spacial score (nSPS) is 19.8. The number of halogens is 1. The van der Waals surface area contributed by atoms with Crippen LogP contribution in [0.4, 0.5) is 0 Å². The maximum atomic E-state index is 12.8. The number of nitrogens with zero attached hydrogens (tertiary/aromatic N) is 1. The van der Waals surface area contributed by atoms with Gasteiger partial charge in [-0.05, 0) is 30.0 Å². The molecule has 2 N–H and O–H groups in total. The Morgan fingerprint density at radius 3 is 2.38 bits per heavy atom. The SMILES string of the molecule is CC(C)[C@@H](C(=O)N1CC[C@@H](C(N)=O)C1)c1ccc(Cl)cc1. The van der Waals surface area contributed by atoms with E-state index in [-0.39, 0.29) is 29.6 Å². The third-order valence-corrected chi connectivity index (χ3v) is 4.32. The van der Waals surface area contributed by atoms with Crippen molar-refractivity contribution in [2.45, 2.75) is 26.2 Å². The molecule has 1 aromatic rings. The molecule has 1 heterocycles. The van der Waals surface area contributed by atoms with Crippen molar-refractivity contribution in [2.24, 2.45) is 17.6 Å². The Labute approximate surface area is 130 Å². The first kappa shape index (κ1) is 15.8. The summed E-state index contributed by atoms with van der Waals surface area (Å²) in [6.45, 7) is 5.09. The summed E-state index contributed by atoms with van der Waals surface area (Å²) in [5.41, 5.74) is 6.29. The zero-order valence-corrected chi connectivity index (χ0v) is 13.1. The molecular weight excluding hydrogens is 288 g/mol. The van der Waals surface area contributed by atoms with Crippen LogP contribution in [0.15, 0.2) is 24.3 Å². The van der Waals surface area contributed by atoms with E-state index >= 15 is 0 Å². The summed E-state index contributed by atoms with van der Waals surface area (Å²) in [5, 5.41) is 0.656. The van der Waals surface area contributed by atoms with Gasteiger partial charge >= 0.3 is 0 Å². The van der Waals surface area contributed by atoms with Gasteiger partial charge in [-0.1, -0.05) is 37.6 Å². The minimum Gasteiger partial charge on any atom is -0.369 e. The van der Waals surface area contributed by atoms with E-state index in [0.717, 1.165) is 5.56 Å². The van der Waals surface area contributed by atoms with Crippen molar-refractivity contribution >= 4 is 23.4 Å². The van der Waals surface area contributed by atoms with E-state index in [1.54, 1.807) is 17.0 Å². The Morgan fingerprint density at radius 1 is 1.29 bits per heavy atom. The Morgan fingerprint density at radius 2 is 1.90 bits per heavy atom. The molecule has 0 spiro atoms. The lowest BCUT2D eigenvalue weighted by molar-refractivity contribution is -0.133. The van der Waals surface area contributed by atoms with Crippen molar-refractivity contribution in [3.8, 4) is 0 Å². The Balaban J connectivity index is 2.17. The van der Waals surface area contributed by atoms with Gasteiger partial charge in [0.25, 0.3) is 0 Å². The maximum Gasteiger partial charge on any atom is 0.230 e. The number of nitrogens with two attached hydrogens (primary N) is 1. The summed E-state index contributed by atoms with van der Waals surface area (Å²) in [6, 6.07) is 7.39. The van der Waals surface area contributed by atoms with Crippen LogP contribution in [-0.2, 0) is 9.59 Å². The summed E-state index contributed by atoms with van der Waals surface area (Å²) >= 11 is 5.91. The number of carbonyl (C=O) groups is 2. The Hall–Kier alpha value is -1.55. The fraction of sp³-hybridized carbons (Fsp3) is 0.500. The molecular formula is C16H21ClN2O2. The third-order valence-electron chi connectivity index (χ3n) is 4.06. The van der Waals surface area contributed by atoms with Gasteiger partial charge in [-0.3, -0.25) is 9.59 Å². The van der Waals surface area contributed by atoms with Crippen molar-refractivity contribution in [3.05, 3.63) is 34.9 Å². The second kappa shape index (κ2) is 6.48. The predicted molar refractivity (Wildman–Crippen MR) is 82.9 cm³/mol. The molecule has 0 saturated carbocycles. The maximum absolute atomic E-state index is 12.8. The van der Waals surface area contributed by atoms with Gasteiger partial charge < -0.3 is 10.6 Å². The van der Waals surface area contributed by atoms with Crippen LogP contribution in [0.2, 0.25) is 5.02 Å². The van der Waals surface area contributed by atoms with Gasteiger partial charge in [-0.15, -0.1) is 0 Å². The van der Waals surface area contributed by atoms with Gasteiger partial charge in [0.1, 0.15) is 0 Å². The van der Waals surface area contributed by atoms with Crippen molar-refractivity contribution in [1.82, 2.24) is 4.90 Å². The lowest BCUT2D eigenvalue weighted by Crippen LogP contribution is -2.36. The average Bonchev–Trinajstić information content (AvgIpc) is 2.90. The Bertz CT molecular complexity index is 528. The molecule has 2 amide bonds. The highest BCUT2D eigenvalue weighted by Gasteiger charge is 2.34. The molecule has 0 unspecified atom stereocenters. The number of carbonyl (C=O) groups excluding carboxylic acids is 2. The lowest BCUT2D eigenvalue weighted by atomic mass is 9.87. The largest absolute Gasteiger partial charge is 0.369 e. The zero-order valence-electron chi connectivity index (χ0n) is 12.4. The highest BCUT2D eigenvalue weighted by Crippen LogP contribution is 2.30. The van der Waals surface area contributed by atoms with E-state index in [2.05, 4.69) is 0 Å². The quantitative estimate of drug-likeness (QED) is 0.928. The monoisotopic (exact) mass is 308 g/mol. The van der Waals surface area contributed by atoms with Crippen LogP contribution in [0.3, 0.4) is 0 Å². The van der Waals surface area contributed by atoms with E-state index in [0.29, 0.717) is 24.5 Å². The smallest absolute Gasteiger partial charge is 0.230 e. The lowest BCUT2D eigenvalue weighted by Gasteiger charge is -2.26. The van der Waals surface area contributed by atoms with E-state index in [1.165, 1.54) is 0 Å².